The van der Waals surface area contributed by atoms with E-state index in [2.05, 4.69) is 5.32 Å². The van der Waals surface area contributed by atoms with Crippen molar-refractivity contribution in [1.82, 2.24) is 5.32 Å². The first-order valence-electron chi connectivity index (χ1n) is 6.03. The van der Waals surface area contributed by atoms with Gasteiger partial charge in [0.15, 0.2) is 0 Å². The molecular formula is C13H18N2O3. The number of carbonyl (C=O) groups excluding carboxylic acids is 1. The molecule has 0 bridgehead atoms. The van der Waals surface area contributed by atoms with E-state index in [1.807, 2.05) is 6.92 Å². The Kier molecular flexibility index (Phi) is 3.72. The van der Waals surface area contributed by atoms with Crippen LogP contribution in [0.1, 0.15) is 18.9 Å². The van der Waals surface area contributed by atoms with Crippen LogP contribution in [0.5, 0.6) is 5.75 Å². The number of carbonyl (C=O) groups is 1. The fourth-order valence-electron chi connectivity index (χ4n) is 2.07. The average Bonchev–Trinajstić information content (AvgIpc) is 2.77. The second kappa shape index (κ2) is 5.27. The Balaban J connectivity index is 1.91. The number of amides is 1. The smallest absolute Gasteiger partial charge is 0.225 e. The molecule has 2 atom stereocenters. The number of hydrogen-bond donors (Lipinski definition) is 3. The molecule has 0 radical (unpaired) electrons. The summed E-state index contributed by atoms with van der Waals surface area (Å²) < 4.78 is 5.35. The number of hydrogen-bond acceptors (Lipinski definition) is 4. The van der Waals surface area contributed by atoms with Crippen molar-refractivity contribution in [1.29, 1.82) is 0 Å². The number of aromatic hydroxyl groups is 1. The average molecular weight is 250 g/mol. The highest BCUT2D eigenvalue weighted by atomic mass is 16.5. The molecule has 1 aromatic rings. The van der Waals surface area contributed by atoms with Crippen LogP contribution in [0.25, 0.3) is 0 Å². The summed E-state index contributed by atoms with van der Waals surface area (Å²) in [6, 6.07) is 4.80. The Bertz CT molecular complexity index is 448. The summed E-state index contributed by atoms with van der Waals surface area (Å²) in [4.78, 5) is 11.9. The second-order valence-corrected chi connectivity index (χ2v) is 4.68. The first-order chi connectivity index (χ1) is 8.56. The first kappa shape index (κ1) is 12.7. The fourth-order valence-corrected chi connectivity index (χ4v) is 2.07. The van der Waals surface area contributed by atoms with E-state index in [-0.39, 0.29) is 30.2 Å². The molecule has 18 heavy (non-hydrogen) atoms. The lowest BCUT2D eigenvalue weighted by molar-refractivity contribution is -0.125. The van der Waals surface area contributed by atoms with Crippen molar-refractivity contribution in [3.8, 4) is 5.75 Å². The van der Waals surface area contributed by atoms with E-state index in [4.69, 9.17) is 10.5 Å². The SMILES string of the molecule is CC1CC(C(=O)NCc2cc(N)ccc2O)CO1. The van der Waals surface area contributed by atoms with E-state index >= 15 is 0 Å². The standard InChI is InChI=1S/C13H18N2O3/c1-8-4-10(7-18-8)13(17)15-6-9-5-11(14)2-3-12(9)16/h2-3,5,8,10,16H,4,6-7,14H2,1H3,(H,15,17). The highest BCUT2D eigenvalue weighted by molar-refractivity contribution is 5.79. The number of nitrogens with one attached hydrogen (secondary N) is 1. The van der Waals surface area contributed by atoms with Gasteiger partial charge in [-0.15, -0.1) is 0 Å². The maximum atomic E-state index is 11.9. The predicted octanol–water partition coefficient (Wildman–Crippen LogP) is 1.02. The minimum Gasteiger partial charge on any atom is -0.508 e. The zero-order chi connectivity index (χ0) is 13.1. The monoisotopic (exact) mass is 250 g/mol. The molecule has 1 aliphatic rings. The highest BCUT2D eigenvalue weighted by Crippen LogP contribution is 2.21. The maximum absolute atomic E-state index is 11.9. The lowest BCUT2D eigenvalue weighted by atomic mass is 10.1. The van der Waals surface area contributed by atoms with Crippen molar-refractivity contribution in [3.05, 3.63) is 23.8 Å². The van der Waals surface area contributed by atoms with Crippen molar-refractivity contribution >= 4 is 11.6 Å². The van der Waals surface area contributed by atoms with Crippen LogP contribution in [0.4, 0.5) is 5.69 Å². The fraction of sp³-hybridized carbons (Fsp3) is 0.462. The maximum Gasteiger partial charge on any atom is 0.225 e. The van der Waals surface area contributed by atoms with Gasteiger partial charge < -0.3 is 20.9 Å². The molecule has 0 spiro atoms. The second-order valence-electron chi connectivity index (χ2n) is 4.68. The van der Waals surface area contributed by atoms with Crippen molar-refractivity contribution in [2.24, 2.45) is 5.92 Å². The topological polar surface area (TPSA) is 84.6 Å². The molecule has 98 valence electrons. The largest absolute Gasteiger partial charge is 0.508 e. The van der Waals surface area contributed by atoms with Crippen LogP contribution in [0.15, 0.2) is 18.2 Å². The zero-order valence-corrected chi connectivity index (χ0v) is 10.3. The number of rotatable bonds is 3. The molecule has 1 aliphatic heterocycles. The zero-order valence-electron chi connectivity index (χ0n) is 10.3. The molecule has 1 saturated heterocycles. The minimum atomic E-state index is -0.0943. The summed E-state index contributed by atoms with van der Waals surface area (Å²) in [6.07, 6.45) is 0.885. The van der Waals surface area contributed by atoms with Crippen LogP contribution >= 0.6 is 0 Å². The Morgan fingerprint density at radius 3 is 3.06 bits per heavy atom. The first-order valence-corrected chi connectivity index (χ1v) is 6.03. The molecule has 0 saturated carbocycles. The van der Waals surface area contributed by atoms with Crippen LogP contribution < -0.4 is 11.1 Å². The Morgan fingerprint density at radius 1 is 1.61 bits per heavy atom. The molecule has 0 aromatic heterocycles. The van der Waals surface area contributed by atoms with Crippen LogP contribution in [0.3, 0.4) is 0 Å². The number of phenolic OH excluding ortho intramolecular Hbond substituents is 1. The van der Waals surface area contributed by atoms with Gasteiger partial charge in [0, 0.05) is 17.8 Å². The summed E-state index contributed by atoms with van der Waals surface area (Å²) in [5, 5.41) is 12.4. The molecular weight excluding hydrogens is 232 g/mol. The molecule has 5 nitrogen and oxygen atoms in total. The molecule has 1 aromatic carbocycles. The van der Waals surface area contributed by atoms with E-state index in [0.717, 1.165) is 6.42 Å². The summed E-state index contributed by atoms with van der Waals surface area (Å²) in [5.41, 5.74) is 6.82. The molecule has 5 heteroatoms. The number of benzene rings is 1. The third kappa shape index (κ3) is 2.92. The van der Waals surface area contributed by atoms with Gasteiger partial charge in [0.1, 0.15) is 5.75 Å². The molecule has 1 amide bonds. The lowest BCUT2D eigenvalue weighted by Crippen LogP contribution is -2.30. The molecule has 2 rings (SSSR count). The van der Waals surface area contributed by atoms with Gasteiger partial charge in [-0.05, 0) is 31.5 Å². The van der Waals surface area contributed by atoms with Crippen molar-refractivity contribution in [2.75, 3.05) is 12.3 Å². The highest BCUT2D eigenvalue weighted by Gasteiger charge is 2.27. The molecule has 1 fully saturated rings. The van der Waals surface area contributed by atoms with Gasteiger partial charge in [-0.2, -0.15) is 0 Å². The summed E-state index contributed by atoms with van der Waals surface area (Å²) in [6.45, 7) is 2.70. The van der Waals surface area contributed by atoms with Crippen molar-refractivity contribution < 1.29 is 14.6 Å². The molecule has 4 N–H and O–H groups in total. The van der Waals surface area contributed by atoms with Crippen LogP contribution in [-0.4, -0.2) is 23.7 Å². The number of nitrogens with two attached hydrogens (primary N) is 1. The predicted molar refractivity (Wildman–Crippen MR) is 67.9 cm³/mol. The van der Waals surface area contributed by atoms with E-state index in [1.165, 1.54) is 6.07 Å². The van der Waals surface area contributed by atoms with Gasteiger partial charge in [-0.25, -0.2) is 0 Å². The van der Waals surface area contributed by atoms with Crippen molar-refractivity contribution in [3.63, 3.8) is 0 Å². The molecule has 0 aliphatic carbocycles. The van der Waals surface area contributed by atoms with Crippen LogP contribution in [0, 0.1) is 5.92 Å². The van der Waals surface area contributed by atoms with Gasteiger partial charge in [-0.3, -0.25) is 4.79 Å². The van der Waals surface area contributed by atoms with Gasteiger partial charge in [-0.1, -0.05) is 0 Å². The van der Waals surface area contributed by atoms with Crippen LogP contribution in [0.2, 0.25) is 0 Å². The quantitative estimate of drug-likeness (QED) is 0.552. The molecule has 1 heterocycles. The van der Waals surface area contributed by atoms with E-state index < -0.39 is 0 Å². The number of anilines is 1. The normalized spacial score (nSPS) is 22.9. The van der Waals surface area contributed by atoms with Crippen molar-refractivity contribution in [2.45, 2.75) is 26.0 Å². The number of nitrogen functional groups attached to an aromatic ring is 1. The van der Waals surface area contributed by atoms with Gasteiger partial charge in [0.25, 0.3) is 0 Å². The van der Waals surface area contributed by atoms with E-state index in [0.29, 0.717) is 17.9 Å². The number of ether oxygens (including phenoxy) is 1. The number of phenols is 1. The summed E-state index contributed by atoms with van der Waals surface area (Å²) in [7, 11) is 0. The Hall–Kier alpha value is -1.75. The Labute approximate surface area is 106 Å². The summed E-state index contributed by atoms with van der Waals surface area (Å²) in [5.74, 6) is 0.00455. The van der Waals surface area contributed by atoms with Crippen LogP contribution in [-0.2, 0) is 16.1 Å². The third-order valence-corrected chi connectivity index (χ3v) is 3.13. The van der Waals surface area contributed by atoms with Gasteiger partial charge in [0.05, 0.1) is 18.6 Å². The minimum absolute atomic E-state index is 0.0406. The van der Waals surface area contributed by atoms with E-state index in [9.17, 15) is 9.90 Å². The lowest BCUT2D eigenvalue weighted by Gasteiger charge is -2.11. The van der Waals surface area contributed by atoms with E-state index in [1.54, 1.807) is 12.1 Å². The Morgan fingerprint density at radius 2 is 2.39 bits per heavy atom. The molecule has 2 unspecified atom stereocenters. The third-order valence-electron chi connectivity index (χ3n) is 3.13. The van der Waals surface area contributed by atoms with Gasteiger partial charge >= 0.3 is 0 Å². The summed E-state index contributed by atoms with van der Waals surface area (Å²) >= 11 is 0. The van der Waals surface area contributed by atoms with Gasteiger partial charge in [0.2, 0.25) is 5.91 Å².